The van der Waals surface area contributed by atoms with Gasteiger partial charge in [0.2, 0.25) is 0 Å². The first-order valence-electron chi connectivity index (χ1n) is 4.11. The van der Waals surface area contributed by atoms with Crippen LogP contribution in [-0.4, -0.2) is 10.7 Å². The standard InChI is InChI=1S/C11H12N2/c1-3-8-12-10(4-2)11-7-5-6-9-13-11/h3-9H,2H2,1H3. The maximum atomic E-state index is 4.19. The summed E-state index contributed by atoms with van der Waals surface area (Å²) in [7, 11) is 0. The van der Waals surface area contributed by atoms with Gasteiger partial charge in [-0.15, -0.1) is 0 Å². The molecule has 1 aromatic heterocycles. The van der Waals surface area contributed by atoms with Gasteiger partial charge in [-0.25, -0.2) is 0 Å². The molecular formula is C11H12N2. The van der Waals surface area contributed by atoms with Crippen molar-refractivity contribution in [3.63, 3.8) is 0 Å². The fourth-order valence-corrected chi connectivity index (χ4v) is 0.893. The molecule has 0 saturated carbocycles. The number of hydrogen-bond donors (Lipinski definition) is 0. The van der Waals surface area contributed by atoms with E-state index in [1.165, 1.54) is 0 Å². The van der Waals surface area contributed by atoms with E-state index < -0.39 is 0 Å². The summed E-state index contributed by atoms with van der Waals surface area (Å²) in [6.45, 7) is 5.60. The second kappa shape index (κ2) is 5.04. The first-order valence-corrected chi connectivity index (χ1v) is 4.11. The Morgan fingerprint density at radius 2 is 2.38 bits per heavy atom. The lowest BCUT2D eigenvalue weighted by Crippen LogP contribution is -1.97. The number of allylic oxidation sites excluding steroid dienone is 2. The predicted octanol–water partition coefficient (Wildman–Crippen LogP) is 2.59. The fraction of sp³-hybridized carbons (Fsp3) is 0.0909. The van der Waals surface area contributed by atoms with Crippen molar-refractivity contribution < 1.29 is 0 Å². The molecule has 13 heavy (non-hydrogen) atoms. The van der Waals surface area contributed by atoms with Crippen LogP contribution in [0.25, 0.3) is 0 Å². The molecule has 0 aliphatic carbocycles. The van der Waals surface area contributed by atoms with E-state index in [4.69, 9.17) is 0 Å². The highest BCUT2D eigenvalue weighted by atomic mass is 14.8. The molecule has 0 aromatic carbocycles. The van der Waals surface area contributed by atoms with E-state index in [9.17, 15) is 0 Å². The van der Waals surface area contributed by atoms with Crippen LogP contribution < -0.4 is 0 Å². The Kier molecular flexibility index (Phi) is 3.64. The van der Waals surface area contributed by atoms with Gasteiger partial charge < -0.3 is 0 Å². The van der Waals surface area contributed by atoms with Crippen LogP contribution in [0, 0.1) is 0 Å². The minimum atomic E-state index is 0.790. The molecular weight excluding hydrogens is 160 g/mol. The molecule has 0 unspecified atom stereocenters. The molecule has 0 N–H and O–H groups in total. The van der Waals surface area contributed by atoms with Gasteiger partial charge in [0, 0.05) is 12.4 Å². The van der Waals surface area contributed by atoms with Crippen LogP contribution in [0.1, 0.15) is 12.6 Å². The van der Waals surface area contributed by atoms with Gasteiger partial charge in [0.05, 0.1) is 11.4 Å². The van der Waals surface area contributed by atoms with E-state index in [0.29, 0.717) is 0 Å². The highest BCUT2D eigenvalue weighted by molar-refractivity contribution is 6.07. The molecule has 0 spiro atoms. The molecule has 0 aliphatic rings. The predicted molar refractivity (Wildman–Crippen MR) is 55.8 cm³/mol. The lowest BCUT2D eigenvalue weighted by Gasteiger charge is -1.96. The van der Waals surface area contributed by atoms with E-state index >= 15 is 0 Å². The quantitative estimate of drug-likeness (QED) is 0.643. The Morgan fingerprint density at radius 3 is 2.92 bits per heavy atom. The zero-order valence-electron chi connectivity index (χ0n) is 7.64. The third-order valence-electron chi connectivity index (χ3n) is 1.48. The lowest BCUT2D eigenvalue weighted by molar-refractivity contribution is 1.29. The number of hydrogen-bond acceptors (Lipinski definition) is 2. The van der Waals surface area contributed by atoms with Crippen LogP contribution in [-0.2, 0) is 0 Å². The monoisotopic (exact) mass is 172 g/mol. The SMILES string of the molecule is C=CC(=NC=CC)c1ccccn1. The summed E-state index contributed by atoms with van der Waals surface area (Å²) < 4.78 is 0. The summed E-state index contributed by atoms with van der Waals surface area (Å²) in [6, 6.07) is 5.71. The minimum absolute atomic E-state index is 0.790. The highest BCUT2D eigenvalue weighted by Crippen LogP contribution is 1.98. The Bertz CT molecular complexity index is 323. The third kappa shape index (κ3) is 2.67. The molecule has 0 aliphatic heterocycles. The van der Waals surface area contributed by atoms with Crippen molar-refractivity contribution in [3.8, 4) is 0 Å². The van der Waals surface area contributed by atoms with E-state index in [-0.39, 0.29) is 0 Å². The normalized spacial score (nSPS) is 11.9. The van der Waals surface area contributed by atoms with Crippen LogP contribution in [0.4, 0.5) is 0 Å². The largest absolute Gasteiger partial charge is 0.255 e. The van der Waals surface area contributed by atoms with Gasteiger partial charge in [-0.3, -0.25) is 9.98 Å². The second-order valence-corrected chi connectivity index (χ2v) is 2.42. The summed E-state index contributed by atoms with van der Waals surface area (Å²) >= 11 is 0. The Balaban J connectivity index is 2.98. The number of aromatic nitrogens is 1. The first-order chi connectivity index (χ1) is 6.38. The van der Waals surface area contributed by atoms with Crippen molar-refractivity contribution >= 4 is 5.71 Å². The molecule has 0 radical (unpaired) electrons. The van der Waals surface area contributed by atoms with Crippen molar-refractivity contribution in [1.29, 1.82) is 0 Å². The van der Waals surface area contributed by atoms with Crippen LogP contribution in [0.3, 0.4) is 0 Å². The Morgan fingerprint density at radius 1 is 1.54 bits per heavy atom. The average molecular weight is 172 g/mol. The topological polar surface area (TPSA) is 25.2 Å². The molecule has 66 valence electrons. The van der Waals surface area contributed by atoms with E-state index in [0.717, 1.165) is 11.4 Å². The van der Waals surface area contributed by atoms with Gasteiger partial charge in [0.25, 0.3) is 0 Å². The van der Waals surface area contributed by atoms with Gasteiger partial charge in [0.1, 0.15) is 0 Å². The summed E-state index contributed by atoms with van der Waals surface area (Å²) in [5.41, 5.74) is 1.63. The van der Waals surface area contributed by atoms with Crippen LogP contribution >= 0.6 is 0 Å². The smallest absolute Gasteiger partial charge is 0.0885 e. The molecule has 0 amide bonds. The average Bonchev–Trinajstić information content (AvgIpc) is 2.21. The van der Waals surface area contributed by atoms with Crippen LogP contribution in [0.2, 0.25) is 0 Å². The third-order valence-corrected chi connectivity index (χ3v) is 1.48. The zero-order chi connectivity index (χ0) is 9.52. The van der Waals surface area contributed by atoms with Gasteiger partial charge in [-0.05, 0) is 25.1 Å². The van der Waals surface area contributed by atoms with Crippen LogP contribution in [0.15, 0.2) is 54.3 Å². The lowest BCUT2D eigenvalue weighted by atomic mass is 10.2. The van der Waals surface area contributed by atoms with Crippen molar-refractivity contribution in [1.82, 2.24) is 4.98 Å². The maximum absolute atomic E-state index is 4.19. The Labute approximate surface area is 78.4 Å². The molecule has 1 rings (SSSR count). The van der Waals surface area contributed by atoms with Crippen LogP contribution in [0.5, 0.6) is 0 Å². The molecule has 1 heterocycles. The number of rotatable bonds is 3. The molecule has 1 aromatic rings. The van der Waals surface area contributed by atoms with E-state index in [2.05, 4.69) is 16.6 Å². The maximum Gasteiger partial charge on any atom is 0.0885 e. The molecule has 2 nitrogen and oxygen atoms in total. The van der Waals surface area contributed by atoms with Gasteiger partial charge >= 0.3 is 0 Å². The van der Waals surface area contributed by atoms with Gasteiger partial charge in [-0.1, -0.05) is 18.7 Å². The number of pyridine rings is 1. The van der Waals surface area contributed by atoms with Crippen molar-refractivity contribution in [2.24, 2.45) is 4.99 Å². The minimum Gasteiger partial charge on any atom is -0.255 e. The molecule has 0 atom stereocenters. The summed E-state index contributed by atoms with van der Waals surface area (Å²) in [5, 5.41) is 0. The number of nitrogens with zero attached hydrogens (tertiary/aromatic N) is 2. The van der Waals surface area contributed by atoms with Crippen molar-refractivity contribution in [3.05, 3.63) is 55.0 Å². The van der Waals surface area contributed by atoms with Crippen molar-refractivity contribution in [2.45, 2.75) is 6.92 Å². The fourth-order valence-electron chi connectivity index (χ4n) is 0.893. The van der Waals surface area contributed by atoms with Crippen molar-refractivity contribution in [2.75, 3.05) is 0 Å². The Hall–Kier alpha value is -1.70. The molecule has 0 fully saturated rings. The summed E-state index contributed by atoms with van der Waals surface area (Å²) in [6.07, 6.45) is 7.03. The summed E-state index contributed by atoms with van der Waals surface area (Å²) in [4.78, 5) is 8.35. The second-order valence-electron chi connectivity index (χ2n) is 2.42. The molecule has 0 saturated heterocycles. The van der Waals surface area contributed by atoms with Gasteiger partial charge in [0.15, 0.2) is 0 Å². The molecule has 0 bridgehead atoms. The highest BCUT2D eigenvalue weighted by Gasteiger charge is 1.96. The van der Waals surface area contributed by atoms with E-state index in [1.807, 2.05) is 31.2 Å². The first kappa shape index (κ1) is 9.39. The summed E-state index contributed by atoms with van der Waals surface area (Å²) in [5.74, 6) is 0. The van der Waals surface area contributed by atoms with Gasteiger partial charge in [-0.2, -0.15) is 0 Å². The van der Waals surface area contributed by atoms with E-state index in [1.54, 1.807) is 18.5 Å². The molecule has 2 heteroatoms. The number of aliphatic imine (C=N–C) groups is 1. The zero-order valence-corrected chi connectivity index (χ0v) is 7.64.